The molecule has 128 valence electrons. The van der Waals surface area contributed by atoms with Crippen molar-refractivity contribution in [3.63, 3.8) is 0 Å². The highest BCUT2D eigenvalue weighted by molar-refractivity contribution is 5.89. The van der Waals surface area contributed by atoms with Gasteiger partial charge in [0, 0.05) is 5.56 Å². The highest BCUT2D eigenvalue weighted by Crippen LogP contribution is 2.18. The van der Waals surface area contributed by atoms with Crippen LogP contribution in [0, 0.1) is 6.92 Å². The zero-order valence-corrected chi connectivity index (χ0v) is 14.1. The standard InChI is InChI=1S/C19H18N2O4/c1-3-23-19(22)15-8-10-16(11-9-15)24-12-17-20-18(21-25-17)14-6-4-13(2)5-7-14/h4-11H,3,12H2,1-2H3. The molecule has 0 aliphatic rings. The summed E-state index contributed by atoms with van der Waals surface area (Å²) in [5.74, 6) is 1.15. The number of aromatic nitrogens is 2. The number of nitrogens with zero attached hydrogens (tertiary/aromatic N) is 2. The summed E-state index contributed by atoms with van der Waals surface area (Å²) in [6.45, 7) is 4.28. The summed E-state index contributed by atoms with van der Waals surface area (Å²) in [5.41, 5.74) is 2.54. The molecule has 0 aliphatic heterocycles. The highest BCUT2D eigenvalue weighted by Gasteiger charge is 2.10. The fourth-order valence-corrected chi connectivity index (χ4v) is 2.18. The molecule has 3 aromatic rings. The zero-order chi connectivity index (χ0) is 17.6. The van der Waals surface area contributed by atoms with Crippen LogP contribution in [0.25, 0.3) is 11.4 Å². The molecule has 0 fully saturated rings. The molecule has 3 rings (SSSR count). The molecule has 25 heavy (non-hydrogen) atoms. The maximum Gasteiger partial charge on any atom is 0.338 e. The summed E-state index contributed by atoms with van der Waals surface area (Å²) in [4.78, 5) is 15.9. The Morgan fingerprint density at radius 2 is 1.80 bits per heavy atom. The molecule has 0 atom stereocenters. The molecular weight excluding hydrogens is 320 g/mol. The van der Waals surface area contributed by atoms with Crippen LogP contribution in [0.4, 0.5) is 0 Å². The van der Waals surface area contributed by atoms with Gasteiger partial charge in [0.05, 0.1) is 12.2 Å². The van der Waals surface area contributed by atoms with E-state index in [-0.39, 0.29) is 12.6 Å². The van der Waals surface area contributed by atoms with E-state index in [2.05, 4.69) is 10.1 Å². The second kappa shape index (κ2) is 7.61. The van der Waals surface area contributed by atoms with Crippen molar-refractivity contribution in [3.05, 3.63) is 65.5 Å². The molecule has 0 saturated carbocycles. The third-order valence-electron chi connectivity index (χ3n) is 3.51. The van der Waals surface area contributed by atoms with Gasteiger partial charge in [-0.25, -0.2) is 4.79 Å². The topological polar surface area (TPSA) is 74.5 Å². The second-order valence-electron chi connectivity index (χ2n) is 5.41. The second-order valence-corrected chi connectivity index (χ2v) is 5.41. The van der Waals surface area contributed by atoms with E-state index >= 15 is 0 Å². The van der Waals surface area contributed by atoms with Gasteiger partial charge in [0.1, 0.15) is 5.75 Å². The van der Waals surface area contributed by atoms with Crippen LogP contribution in [0.3, 0.4) is 0 Å². The Labute approximate surface area is 145 Å². The number of rotatable bonds is 6. The van der Waals surface area contributed by atoms with Crippen LogP contribution in [0.1, 0.15) is 28.7 Å². The van der Waals surface area contributed by atoms with Crippen molar-refractivity contribution in [2.24, 2.45) is 0 Å². The molecule has 0 aliphatic carbocycles. The third-order valence-corrected chi connectivity index (χ3v) is 3.51. The number of hydrogen-bond donors (Lipinski definition) is 0. The van der Waals surface area contributed by atoms with Crippen molar-refractivity contribution in [2.75, 3.05) is 6.61 Å². The molecule has 0 N–H and O–H groups in total. The van der Waals surface area contributed by atoms with Crippen molar-refractivity contribution in [1.82, 2.24) is 10.1 Å². The van der Waals surface area contributed by atoms with E-state index in [0.717, 1.165) is 5.56 Å². The quantitative estimate of drug-likeness (QED) is 0.636. The number of aryl methyl sites for hydroxylation is 1. The average Bonchev–Trinajstić information content (AvgIpc) is 3.10. The van der Waals surface area contributed by atoms with Crippen molar-refractivity contribution < 1.29 is 18.8 Å². The smallest absolute Gasteiger partial charge is 0.338 e. The first-order valence-electron chi connectivity index (χ1n) is 7.95. The van der Waals surface area contributed by atoms with E-state index in [1.165, 1.54) is 5.56 Å². The normalized spacial score (nSPS) is 10.5. The lowest BCUT2D eigenvalue weighted by atomic mass is 10.1. The first-order valence-corrected chi connectivity index (χ1v) is 7.95. The zero-order valence-electron chi connectivity index (χ0n) is 14.1. The minimum Gasteiger partial charge on any atom is -0.484 e. The fourth-order valence-electron chi connectivity index (χ4n) is 2.18. The fraction of sp³-hybridized carbons (Fsp3) is 0.211. The van der Waals surface area contributed by atoms with E-state index in [9.17, 15) is 4.79 Å². The molecular formula is C19H18N2O4. The number of hydrogen-bond acceptors (Lipinski definition) is 6. The molecule has 1 aromatic heterocycles. The van der Waals surface area contributed by atoms with Gasteiger partial charge in [0.25, 0.3) is 5.89 Å². The van der Waals surface area contributed by atoms with Crippen LogP contribution >= 0.6 is 0 Å². The van der Waals surface area contributed by atoms with E-state index < -0.39 is 0 Å². The molecule has 0 spiro atoms. The van der Waals surface area contributed by atoms with Crippen molar-refractivity contribution in [2.45, 2.75) is 20.5 Å². The molecule has 6 heteroatoms. The van der Waals surface area contributed by atoms with Gasteiger partial charge in [-0.1, -0.05) is 35.0 Å². The van der Waals surface area contributed by atoms with Gasteiger partial charge in [-0.15, -0.1) is 0 Å². The molecule has 0 radical (unpaired) electrons. The van der Waals surface area contributed by atoms with E-state index in [0.29, 0.717) is 29.6 Å². The molecule has 0 bridgehead atoms. The molecule has 0 saturated heterocycles. The Morgan fingerprint density at radius 1 is 1.08 bits per heavy atom. The molecule has 2 aromatic carbocycles. The summed E-state index contributed by atoms with van der Waals surface area (Å²) in [5, 5.41) is 3.96. The van der Waals surface area contributed by atoms with Gasteiger partial charge in [0.2, 0.25) is 5.82 Å². The van der Waals surface area contributed by atoms with Crippen molar-refractivity contribution >= 4 is 5.97 Å². The van der Waals surface area contributed by atoms with Gasteiger partial charge in [-0.05, 0) is 38.1 Å². The summed E-state index contributed by atoms with van der Waals surface area (Å²) in [6.07, 6.45) is 0. The van der Waals surface area contributed by atoms with Crippen LogP contribution < -0.4 is 4.74 Å². The van der Waals surface area contributed by atoms with E-state index in [4.69, 9.17) is 14.0 Å². The largest absolute Gasteiger partial charge is 0.484 e. The molecule has 0 amide bonds. The van der Waals surface area contributed by atoms with E-state index in [1.807, 2.05) is 31.2 Å². The SMILES string of the molecule is CCOC(=O)c1ccc(OCc2nc(-c3ccc(C)cc3)no2)cc1. The van der Waals surface area contributed by atoms with Crippen LogP contribution in [0.5, 0.6) is 5.75 Å². The maximum absolute atomic E-state index is 11.6. The van der Waals surface area contributed by atoms with Crippen LogP contribution in [0.2, 0.25) is 0 Å². The number of benzene rings is 2. The molecule has 1 heterocycles. The highest BCUT2D eigenvalue weighted by atomic mass is 16.5. The Hall–Kier alpha value is -3.15. The number of carbonyl (C=O) groups is 1. The van der Waals surface area contributed by atoms with Gasteiger partial charge >= 0.3 is 5.97 Å². The summed E-state index contributed by atoms with van der Waals surface area (Å²) in [6, 6.07) is 14.6. The number of carbonyl (C=O) groups excluding carboxylic acids is 1. The lowest BCUT2D eigenvalue weighted by molar-refractivity contribution is 0.0526. The van der Waals surface area contributed by atoms with Gasteiger partial charge in [0.15, 0.2) is 6.61 Å². The number of ether oxygens (including phenoxy) is 2. The van der Waals surface area contributed by atoms with Gasteiger partial charge in [-0.3, -0.25) is 0 Å². The van der Waals surface area contributed by atoms with Gasteiger partial charge in [-0.2, -0.15) is 4.98 Å². The average molecular weight is 338 g/mol. The molecule has 6 nitrogen and oxygen atoms in total. The monoisotopic (exact) mass is 338 g/mol. The Balaban J connectivity index is 1.60. The predicted octanol–water partition coefficient (Wildman–Crippen LogP) is 3.80. The maximum atomic E-state index is 11.6. The van der Waals surface area contributed by atoms with Crippen molar-refractivity contribution in [3.8, 4) is 17.1 Å². The minimum absolute atomic E-state index is 0.150. The minimum atomic E-state index is -0.353. The lowest BCUT2D eigenvalue weighted by Gasteiger charge is -2.05. The Morgan fingerprint density at radius 3 is 2.48 bits per heavy atom. The summed E-state index contributed by atoms with van der Waals surface area (Å²) >= 11 is 0. The van der Waals surface area contributed by atoms with Crippen LogP contribution in [-0.4, -0.2) is 22.7 Å². The first kappa shape index (κ1) is 16.7. The molecule has 0 unspecified atom stereocenters. The number of esters is 1. The summed E-state index contributed by atoms with van der Waals surface area (Å²) < 4.78 is 15.7. The summed E-state index contributed by atoms with van der Waals surface area (Å²) in [7, 11) is 0. The van der Waals surface area contributed by atoms with E-state index in [1.54, 1.807) is 31.2 Å². The predicted molar refractivity (Wildman–Crippen MR) is 91.2 cm³/mol. The first-order chi connectivity index (χ1) is 12.2. The Kier molecular flexibility index (Phi) is 5.09. The van der Waals surface area contributed by atoms with Crippen molar-refractivity contribution in [1.29, 1.82) is 0 Å². The van der Waals surface area contributed by atoms with Gasteiger partial charge < -0.3 is 14.0 Å². The van der Waals surface area contributed by atoms with Crippen LogP contribution in [0.15, 0.2) is 53.1 Å². The van der Waals surface area contributed by atoms with Crippen LogP contribution in [-0.2, 0) is 11.3 Å². The Bertz CT molecular complexity index is 839. The third kappa shape index (κ3) is 4.23. The lowest BCUT2D eigenvalue weighted by Crippen LogP contribution is -2.04.